The van der Waals surface area contributed by atoms with Gasteiger partial charge in [0.05, 0.1) is 5.69 Å². The molecule has 1 saturated heterocycles. The number of ether oxygens (including phenoxy) is 1. The number of carbonyl (C=O) groups is 3. The number of nitrogens with two attached hydrogens (primary N) is 1. The van der Waals surface area contributed by atoms with Crippen LogP contribution in [0.2, 0.25) is 0 Å². The van der Waals surface area contributed by atoms with Gasteiger partial charge in [0.25, 0.3) is 0 Å². The van der Waals surface area contributed by atoms with E-state index in [2.05, 4.69) is 25.4 Å². The lowest BCUT2D eigenvalue weighted by molar-refractivity contribution is -0.132. The maximum Gasteiger partial charge on any atom is 0.323 e. The van der Waals surface area contributed by atoms with Gasteiger partial charge >= 0.3 is 6.03 Å². The molecule has 1 aliphatic heterocycles. The van der Waals surface area contributed by atoms with Crippen LogP contribution in [-0.2, 0) is 9.59 Å². The normalized spacial score (nSPS) is 19.8. The van der Waals surface area contributed by atoms with Crippen LogP contribution in [0.3, 0.4) is 0 Å². The van der Waals surface area contributed by atoms with Crippen molar-refractivity contribution in [3.8, 4) is 11.5 Å². The number of aromatic nitrogens is 1. The summed E-state index contributed by atoms with van der Waals surface area (Å²) < 4.78 is 34.1. The molecule has 232 valence electrons. The topological polar surface area (TPSA) is 133 Å². The van der Waals surface area contributed by atoms with E-state index >= 15 is 4.39 Å². The first kappa shape index (κ1) is 30.8. The summed E-state index contributed by atoms with van der Waals surface area (Å²) in [4.78, 5) is 48.5. The first-order valence-electron chi connectivity index (χ1n) is 14.3. The molecule has 11 nitrogen and oxygen atoms in total. The average Bonchev–Trinajstić information content (AvgIpc) is 3.76. The molecule has 2 fully saturated rings. The van der Waals surface area contributed by atoms with Gasteiger partial charge in [-0.25, -0.2) is 18.6 Å². The minimum atomic E-state index is -1.56. The number of carbonyl (C=O) groups excluding carboxylic acids is 3. The van der Waals surface area contributed by atoms with Gasteiger partial charge in [0, 0.05) is 63.5 Å². The van der Waals surface area contributed by atoms with E-state index in [-0.39, 0.29) is 29.7 Å². The molecule has 2 unspecified atom stereocenters. The van der Waals surface area contributed by atoms with Gasteiger partial charge in [0.2, 0.25) is 11.8 Å². The Bertz CT molecular complexity index is 1530. The Labute approximate surface area is 254 Å². The van der Waals surface area contributed by atoms with E-state index in [9.17, 15) is 18.8 Å². The smallest absolute Gasteiger partial charge is 0.323 e. The van der Waals surface area contributed by atoms with Crippen LogP contribution in [-0.4, -0.2) is 90.9 Å². The summed E-state index contributed by atoms with van der Waals surface area (Å²) in [6, 6.07) is 12.2. The molecule has 1 aromatic heterocycles. The third kappa shape index (κ3) is 6.95. The zero-order valence-electron chi connectivity index (χ0n) is 24.6. The number of nitrogens with one attached hydrogen (secondary N) is 2. The van der Waals surface area contributed by atoms with E-state index in [1.54, 1.807) is 11.0 Å². The molecule has 2 aromatic carbocycles. The fourth-order valence-corrected chi connectivity index (χ4v) is 5.27. The molecule has 1 saturated carbocycles. The van der Waals surface area contributed by atoms with Crippen LogP contribution in [0.15, 0.2) is 60.8 Å². The second-order valence-electron chi connectivity index (χ2n) is 11.3. The van der Waals surface area contributed by atoms with Gasteiger partial charge in [-0.05, 0) is 56.4 Å². The molecule has 4 N–H and O–H groups in total. The average molecular weight is 608 g/mol. The van der Waals surface area contributed by atoms with Gasteiger partial charge in [-0.1, -0.05) is 12.1 Å². The minimum Gasteiger partial charge on any atom is -0.457 e. The predicted octanol–water partition coefficient (Wildman–Crippen LogP) is 3.46. The van der Waals surface area contributed by atoms with Gasteiger partial charge in [-0.2, -0.15) is 0 Å². The maximum atomic E-state index is 15.0. The number of hydrogen-bond donors (Lipinski definition) is 3. The molecule has 2 aliphatic rings. The number of hydrogen-bond acceptors (Lipinski definition) is 7. The van der Waals surface area contributed by atoms with Crippen LogP contribution >= 0.6 is 0 Å². The lowest BCUT2D eigenvalue weighted by Gasteiger charge is -2.35. The lowest BCUT2D eigenvalue weighted by atomic mass is 9.97. The van der Waals surface area contributed by atoms with E-state index in [0.29, 0.717) is 24.4 Å². The predicted molar refractivity (Wildman–Crippen MR) is 160 cm³/mol. The monoisotopic (exact) mass is 607 g/mol. The SMILES string of the molecule is CN(C)CCN1CCN(C(=O)Nc2cc(Oc3ccc(NC(=O)C4(C(N)=O)CC4c4ccc(F)cc4)c(F)c3)ccn2)CC1. The van der Waals surface area contributed by atoms with Crippen LogP contribution in [0.4, 0.5) is 25.1 Å². The third-order valence-electron chi connectivity index (χ3n) is 7.99. The summed E-state index contributed by atoms with van der Waals surface area (Å²) in [5.74, 6) is -2.62. The number of nitrogens with zero attached hydrogens (tertiary/aromatic N) is 4. The quantitative estimate of drug-likeness (QED) is 0.301. The van der Waals surface area contributed by atoms with Crippen LogP contribution in [0.25, 0.3) is 0 Å². The number of primary amides is 1. The largest absolute Gasteiger partial charge is 0.457 e. The van der Waals surface area contributed by atoms with Crippen molar-refractivity contribution < 1.29 is 27.9 Å². The Morgan fingerprint density at radius 3 is 2.36 bits per heavy atom. The number of benzene rings is 2. The third-order valence-corrected chi connectivity index (χ3v) is 7.99. The zero-order valence-corrected chi connectivity index (χ0v) is 24.6. The van der Waals surface area contributed by atoms with Crippen LogP contribution in [0, 0.1) is 17.0 Å². The highest BCUT2D eigenvalue weighted by atomic mass is 19.1. The van der Waals surface area contributed by atoms with Crippen LogP contribution < -0.4 is 21.1 Å². The van der Waals surface area contributed by atoms with E-state index in [4.69, 9.17) is 10.5 Å². The van der Waals surface area contributed by atoms with E-state index in [0.717, 1.165) is 32.2 Å². The molecule has 4 amide bonds. The molecule has 2 heterocycles. The van der Waals surface area contributed by atoms with Crippen molar-refractivity contribution in [3.63, 3.8) is 0 Å². The molecule has 44 heavy (non-hydrogen) atoms. The first-order valence-corrected chi connectivity index (χ1v) is 14.3. The second kappa shape index (κ2) is 12.9. The van der Waals surface area contributed by atoms with Crippen molar-refractivity contribution in [2.45, 2.75) is 12.3 Å². The number of rotatable bonds is 10. The number of likely N-dealkylation sites (N-methyl/N-ethyl adjacent to an activating group) is 1. The Morgan fingerprint density at radius 2 is 1.70 bits per heavy atom. The molecule has 0 spiro atoms. The van der Waals surface area contributed by atoms with Crippen molar-refractivity contribution in [2.24, 2.45) is 11.1 Å². The lowest BCUT2D eigenvalue weighted by Crippen LogP contribution is -2.51. The Morgan fingerprint density at radius 1 is 1.00 bits per heavy atom. The highest BCUT2D eigenvalue weighted by Gasteiger charge is 2.65. The van der Waals surface area contributed by atoms with Crippen molar-refractivity contribution in [3.05, 3.63) is 78.0 Å². The van der Waals surface area contributed by atoms with E-state index in [1.165, 1.54) is 48.7 Å². The van der Waals surface area contributed by atoms with E-state index < -0.39 is 34.8 Å². The Balaban J connectivity index is 1.17. The van der Waals surface area contributed by atoms with Crippen LogP contribution in [0.1, 0.15) is 17.9 Å². The molecule has 0 radical (unpaired) electrons. The molecule has 5 rings (SSSR count). The van der Waals surface area contributed by atoms with E-state index in [1.807, 2.05) is 14.1 Å². The van der Waals surface area contributed by atoms with Crippen LogP contribution in [0.5, 0.6) is 11.5 Å². The molecular weight excluding hydrogens is 572 g/mol. The molecule has 13 heteroatoms. The molecule has 1 aliphatic carbocycles. The standard InChI is InChI=1S/C31H35F2N7O4/c1-38(2)11-12-39-13-15-40(16-14-39)30(43)37-27-18-23(9-10-35-27)44-22-7-8-26(25(33)17-22)36-29(42)31(28(34)41)19-24(31)20-3-5-21(32)6-4-20/h3-10,17-18,24H,11-16,19H2,1-2H3,(H2,34,41)(H,36,42)(H,35,37,43). The van der Waals surface area contributed by atoms with Crippen molar-refractivity contribution in [1.29, 1.82) is 0 Å². The Kier molecular flexibility index (Phi) is 9.06. The number of amides is 4. The number of halogens is 2. The fourth-order valence-electron chi connectivity index (χ4n) is 5.27. The fraction of sp³-hybridized carbons (Fsp3) is 0.355. The van der Waals surface area contributed by atoms with Gasteiger partial charge < -0.3 is 25.6 Å². The molecule has 0 bridgehead atoms. The first-order chi connectivity index (χ1) is 21.0. The number of urea groups is 1. The number of anilines is 2. The minimum absolute atomic E-state index is 0.135. The summed E-state index contributed by atoms with van der Waals surface area (Å²) in [5.41, 5.74) is 4.46. The maximum absolute atomic E-state index is 15.0. The highest BCUT2D eigenvalue weighted by Crippen LogP contribution is 2.59. The number of piperazine rings is 1. The summed E-state index contributed by atoms with van der Waals surface area (Å²) in [6.07, 6.45) is 1.60. The van der Waals surface area contributed by atoms with Crippen molar-refractivity contribution in [2.75, 3.05) is 64.0 Å². The second-order valence-corrected chi connectivity index (χ2v) is 11.3. The molecule has 3 aromatic rings. The zero-order chi connectivity index (χ0) is 31.4. The van der Waals surface area contributed by atoms with Gasteiger partial charge in [-0.3, -0.25) is 19.8 Å². The summed E-state index contributed by atoms with van der Waals surface area (Å²) >= 11 is 0. The molecule has 2 atom stereocenters. The summed E-state index contributed by atoms with van der Waals surface area (Å²) in [6.45, 7) is 4.69. The number of pyridine rings is 1. The van der Waals surface area contributed by atoms with Crippen molar-refractivity contribution >= 4 is 29.4 Å². The Hall–Kier alpha value is -4.62. The summed E-state index contributed by atoms with van der Waals surface area (Å²) in [7, 11) is 4.06. The van der Waals surface area contributed by atoms with Gasteiger partial charge in [0.1, 0.15) is 34.4 Å². The van der Waals surface area contributed by atoms with Gasteiger partial charge in [-0.15, -0.1) is 0 Å². The van der Waals surface area contributed by atoms with Gasteiger partial charge in [0.15, 0.2) is 0 Å². The van der Waals surface area contributed by atoms with Crippen molar-refractivity contribution in [1.82, 2.24) is 19.7 Å². The molecular formula is C31H35F2N7O4. The highest BCUT2D eigenvalue weighted by molar-refractivity contribution is 6.14. The summed E-state index contributed by atoms with van der Waals surface area (Å²) in [5, 5.41) is 5.24.